The van der Waals surface area contributed by atoms with Crippen LogP contribution in [-0.2, 0) is 21.2 Å². The van der Waals surface area contributed by atoms with Crippen LogP contribution in [0.15, 0.2) is 63.3 Å². The summed E-state index contributed by atoms with van der Waals surface area (Å²) in [4.78, 5) is 12.5. The maximum absolute atomic E-state index is 13.1. The van der Waals surface area contributed by atoms with E-state index in [1.165, 1.54) is 16.8 Å². The Kier molecular flexibility index (Phi) is 5.99. The first kappa shape index (κ1) is 20.9. The smallest absolute Gasteiger partial charge is 0.246 e. The van der Waals surface area contributed by atoms with Crippen molar-refractivity contribution in [2.24, 2.45) is 0 Å². The van der Waals surface area contributed by atoms with Crippen molar-refractivity contribution in [3.8, 4) is 0 Å². The number of hydrogen-bond donors (Lipinski definition) is 2. The molecule has 3 rings (SSSR count). The van der Waals surface area contributed by atoms with Crippen molar-refractivity contribution in [2.75, 3.05) is 17.3 Å². The van der Waals surface area contributed by atoms with Crippen LogP contribution in [0, 0.1) is 13.8 Å². The predicted molar refractivity (Wildman–Crippen MR) is 115 cm³/mol. The normalized spacial score (nSPS) is 11.4. The third-order valence-electron chi connectivity index (χ3n) is 4.34. The lowest BCUT2D eigenvalue weighted by Gasteiger charge is -2.08. The number of aryl methyl sites for hydroxylation is 2. The quantitative estimate of drug-likeness (QED) is 0.581. The molecule has 1 amide bonds. The number of nitrogen functional groups attached to an aromatic ring is 1. The Morgan fingerprint density at radius 3 is 2.17 bits per heavy atom. The molecule has 152 valence electrons. The molecule has 0 saturated heterocycles. The van der Waals surface area contributed by atoms with Crippen molar-refractivity contribution in [3.05, 3.63) is 59.7 Å². The summed E-state index contributed by atoms with van der Waals surface area (Å²) >= 11 is 1.16. The second-order valence-electron chi connectivity index (χ2n) is 6.61. The topological polar surface area (TPSA) is 107 Å². The average molecular weight is 431 g/mol. The summed E-state index contributed by atoms with van der Waals surface area (Å²) in [5, 5.41) is 7.26. The summed E-state index contributed by atoms with van der Waals surface area (Å²) in [5.74, 6) is -0.413. The number of benzene rings is 2. The number of nitrogens with zero attached hydrogens (tertiary/aromatic N) is 2. The van der Waals surface area contributed by atoms with Gasteiger partial charge in [0.15, 0.2) is 0 Å². The molecule has 0 aliphatic rings. The van der Waals surface area contributed by atoms with Gasteiger partial charge in [0, 0.05) is 5.69 Å². The number of rotatable bonds is 6. The van der Waals surface area contributed by atoms with E-state index in [-0.39, 0.29) is 33.1 Å². The molecule has 0 aliphatic carbocycles. The molecule has 3 N–H and O–H groups in total. The fraction of sp³-hybridized carbons (Fsp3) is 0.200. The summed E-state index contributed by atoms with van der Waals surface area (Å²) in [6.07, 6.45) is 1.71. The number of aromatic nitrogens is 2. The molecule has 0 unspecified atom stereocenters. The van der Waals surface area contributed by atoms with Gasteiger partial charge in [-0.1, -0.05) is 35.4 Å². The van der Waals surface area contributed by atoms with Gasteiger partial charge in [0.05, 0.1) is 4.90 Å². The van der Waals surface area contributed by atoms with Crippen LogP contribution in [0.5, 0.6) is 0 Å². The minimum absolute atomic E-state index is 0.0611. The Morgan fingerprint density at radius 2 is 1.62 bits per heavy atom. The first-order valence-electron chi connectivity index (χ1n) is 8.81. The molecule has 0 saturated carbocycles. The second kappa shape index (κ2) is 8.30. The van der Waals surface area contributed by atoms with Gasteiger partial charge in [-0.25, -0.2) is 13.1 Å². The summed E-state index contributed by atoms with van der Waals surface area (Å²) in [7, 11) is -3.87. The van der Waals surface area contributed by atoms with Crippen LogP contribution < -0.4 is 11.1 Å². The largest absolute Gasteiger partial charge is 0.383 e. The third-order valence-corrected chi connectivity index (χ3v) is 6.97. The highest BCUT2D eigenvalue weighted by Crippen LogP contribution is 2.34. The van der Waals surface area contributed by atoms with Gasteiger partial charge in [0.25, 0.3) is 0 Å². The number of sulfone groups is 1. The van der Waals surface area contributed by atoms with Crippen molar-refractivity contribution < 1.29 is 13.2 Å². The number of hydrogen-bond acceptors (Lipinski definition) is 6. The summed E-state index contributed by atoms with van der Waals surface area (Å²) in [6, 6.07) is 13.9. The third kappa shape index (κ3) is 4.46. The summed E-state index contributed by atoms with van der Waals surface area (Å²) < 4.78 is 27.5. The number of amides is 1. The van der Waals surface area contributed by atoms with E-state index < -0.39 is 9.84 Å². The zero-order valence-electron chi connectivity index (χ0n) is 16.3. The predicted octanol–water partition coefficient (Wildman–Crippen LogP) is 3.28. The molecule has 1 heterocycles. The van der Waals surface area contributed by atoms with Gasteiger partial charge in [0.1, 0.15) is 22.3 Å². The van der Waals surface area contributed by atoms with Crippen LogP contribution in [0.1, 0.15) is 11.1 Å². The molecule has 9 heteroatoms. The Morgan fingerprint density at radius 1 is 1.07 bits per heavy atom. The van der Waals surface area contributed by atoms with E-state index in [0.29, 0.717) is 5.69 Å². The van der Waals surface area contributed by atoms with Gasteiger partial charge in [-0.2, -0.15) is 5.10 Å². The van der Waals surface area contributed by atoms with E-state index >= 15 is 0 Å². The van der Waals surface area contributed by atoms with Crippen LogP contribution in [-0.4, -0.2) is 30.4 Å². The SMILES string of the molecule is CSc1nn(CC(=O)Nc2ccc(C)cc2)c(N)c1S(=O)(=O)c1ccc(C)cc1. The Balaban J connectivity index is 1.90. The molecule has 0 aliphatic heterocycles. The minimum Gasteiger partial charge on any atom is -0.383 e. The van der Waals surface area contributed by atoms with Gasteiger partial charge < -0.3 is 11.1 Å². The fourth-order valence-corrected chi connectivity index (χ4v) is 5.18. The second-order valence-corrected chi connectivity index (χ2v) is 9.29. The van der Waals surface area contributed by atoms with Crippen LogP contribution in [0.4, 0.5) is 11.5 Å². The average Bonchev–Trinajstić information content (AvgIpc) is 3.00. The number of anilines is 2. The van der Waals surface area contributed by atoms with Crippen molar-refractivity contribution in [2.45, 2.75) is 35.2 Å². The Hall–Kier alpha value is -2.78. The van der Waals surface area contributed by atoms with Gasteiger partial charge in [-0.3, -0.25) is 4.79 Å². The zero-order chi connectivity index (χ0) is 21.2. The number of thioether (sulfide) groups is 1. The first-order valence-corrected chi connectivity index (χ1v) is 11.5. The van der Waals surface area contributed by atoms with Crippen molar-refractivity contribution in [1.29, 1.82) is 0 Å². The first-order chi connectivity index (χ1) is 13.7. The number of carbonyl (C=O) groups excluding carboxylic acids is 1. The number of nitrogens with one attached hydrogen (secondary N) is 1. The number of carbonyl (C=O) groups is 1. The maximum Gasteiger partial charge on any atom is 0.246 e. The Bertz CT molecular complexity index is 1140. The molecule has 0 radical (unpaired) electrons. The summed E-state index contributed by atoms with van der Waals surface area (Å²) in [5.41, 5.74) is 8.79. The van der Waals surface area contributed by atoms with Crippen molar-refractivity contribution >= 4 is 39.0 Å². The molecule has 0 spiro atoms. The molecular weight excluding hydrogens is 408 g/mol. The number of nitrogens with two attached hydrogens (primary N) is 1. The maximum atomic E-state index is 13.1. The van der Waals surface area contributed by atoms with E-state index in [4.69, 9.17) is 5.73 Å². The lowest BCUT2D eigenvalue weighted by Crippen LogP contribution is -2.21. The Labute approximate surface area is 174 Å². The molecule has 1 aromatic heterocycles. The van der Waals surface area contributed by atoms with E-state index in [1.54, 1.807) is 30.5 Å². The van der Waals surface area contributed by atoms with Gasteiger partial charge in [-0.15, -0.1) is 11.8 Å². The van der Waals surface area contributed by atoms with Crippen LogP contribution in [0.25, 0.3) is 0 Å². The van der Waals surface area contributed by atoms with E-state index in [2.05, 4.69) is 10.4 Å². The zero-order valence-corrected chi connectivity index (χ0v) is 18.0. The lowest BCUT2D eigenvalue weighted by molar-refractivity contribution is -0.116. The highest BCUT2D eigenvalue weighted by Gasteiger charge is 2.29. The fourth-order valence-electron chi connectivity index (χ4n) is 2.75. The van der Waals surface area contributed by atoms with Gasteiger partial charge in [-0.05, 0) is 44.4 Å². The molecular formula is C20H22N4O3S2. The highest BCUT2D eigenvalue weighted by atomic mass is 32.2. The van der Waals surface area contributed by atoms with Gasteiger partial charge in [0.2, 0.25) is 15.7 Å². The van der Waals surface area contributed by atoms with Crippen molar-refractivity contribution in [1.82, 2.24) is 9.78 Å². The van der Waals surface area contributed by atoms with E-state index in [9.17, 15) is 13.2 Å². The molecule has 7 nitrogen and oxygen atoms in total. The molecule has 2 aromatic carbocycles. The van der Waals surface area contributed by atoms with E-state index in [1.807, 2.05) is 26.0 Å². The van der Waals surface area contributed by atoms with Crippen molar-refractivity contribution in [3.63, 3.8) is 0 Å². The van der Waals surface area contributed by atoms with Crippen LogP contribution >= 0.6 is 11.8 Å². The molecule has 0 atom stereocenters. The van der Waals surface area contributed by atoms with Gasteiger partial charge >= 0.3 is 0 Å². The standard InChI is InChI=1S/C20H22N4O3S2/c1-13-4-8-15(9-5-13)22-17(25)12-24-19(21)18(20(23-24)28-3)29(26,27)16-10-6-14(2)7-11-16/h4-11H,12,21H2,1-3H3,(H,22,25). The van der Waals surface area contributed by atoms with Crippen LogP contribution in [0.2, 0.25) is 0 Å². The molecule has 29 heavy (non-hydrogen) atoms. The summed E-state index contributed by atoms with van der Waals surface area (Å²) in [6.45, 7) is 3.63. The van der Waals surface area contributed by atoms with E-state index in [0.717, 1.165) is 22.9 Å². The lowest BCUT2D eigenvalue weighted by atomic mass is 10.2. The monoisotopic (exact) mass is 430 g/mol. The molecule has 3 aromatic rings. The minimum atomic E-state index is -3.87. The molecule has 0 fully saturated rings. The highest BCUT2D eigenvalue weighted by molar-refractivity contribution is 7.99. The van der Waals surface area contributed by atoms with Crippen LogP contribution in [0.3, 0.4) is 0 Å². The molecule has 0 bridgehead atoms.